The fourth-order valence-corrected chi connectivity index (χ4v) is 3.07. The number of rotatable bonds is 6. The minimum absolute atomic E-state index is 0.156. The number of fused-ring (bicyclic) bond motifs is 2. The molecule has 150 valence electrons. The molecule has 0 atom stereocenters. The van der Waals surface area contributed by atoms with Crippen LogP contribution in [-0.2, 0) is 4.79 Å². The molecule has 0 fully saturated rings. The lowest BCUT2D eigenvalue weighted by atomic mass is 10.2. The fraction of sp³-hybridized carbons (Fsp3) is 0.200. The number of hydrogen-bond donors (Lipinski definition) is 3. The van der Waals surface area contributed by atoms with Crippen molar-refractivity contribution in [2.75, 3.05) is 32.9 Å². The summed E-state index contributed by atoms with van der Waals surface area (Å²) in [5.41, 5.74) is 1.48. The van der Waals surface area contributed by atoms with Crippen molar-refractivity contribution in [3.05, 3.63) is 42.1 Å². The van der Waals surface area contributed by atoms with Gasteiger partial charge in [-0.1, -0.05) is 0 Å². The quantitative estimate of drug-likeness (QED) is 0.589. The van der Waals surface area contributed by atoms with Gasteiger partial charge in [0.15, 0.2) is 11.5 Å². The van der Waals surface area contributed by atoms with E-state index in [0.29, 0.717) is 45.3 Å². The average Bonchev–Trinajstić information content (AvgIpc) is 3.38. The zero-order valence-electron chi connectivity index (χ0n) is 15.8. The normalized spacial score (nSPS) is 11.9. The molecule has 0 aliphatic carbocycles. The molecular weight excluding hydrogens is 378 g/mol. The molecule has 2 amide bonds. The van der Waals surface area contributed by atoms with Gasteiger partial charge in [0.1, 0.15) is 17.2 Å². The molecule has 2 aromatic carbocycles. The first kappa shape index (κ1) is 18.5. The van der Waals surface area contributed by atoms with Crippen LogP contribution in [0.4, 0.5) is 5.69 Å². The van der Waals surface area contributed by atoms with Gasteiger partial charge in [-0.25, -0.2) is 0 Å². The largest absolute Gasteiger partial charge is 0.496 e. The molecule has 0 saturated heterocycles. The first-order valence-electron chi connectivity index (χ1n) is 8.80. The third-order valence-electron chi connectivity index (χ3n) is 4.47. The maximum Gasteiger partial charge on any atom is 0.268 e. The van der Waals surface area contributed by atoms with Crippen molar-refractivity contribution in [2.24, 2.45) is 0 Å². The Kier molecular flexibility index (Phi) is 4.86. The highest BCUT2D eigenvalue weighted by Crippen LogP contribution is 2.34. The van der Waals surface area contributed by atoms with Gasteiger partial charge in [0, 0.05) is 17.1 Å². The van der Waals surface area contributed by atoms with E-state index in [9.17, 15) is 9.59 Å². The predicted molar refractivity (Wildman–Crippen MR) is 105 cm³/mol. The Morgan fingerprint density at radius 3 is 2.59 bits per heavy atom. The molecule has 9 nitrogen and oxygen atoms in total. The number of benzene rings is 2. The topological polar surface area (TPSA) is 111 Å². The number of nitrogens with one attached hydrogen (secondary N) is 3. The van der Waals surface area contributed by atoms with Crippen molar-refractivity contribution in [1.29, 1.82) is 0 Å². The van der Waals surface area contributed by atoms with Crippen molar-refractivity contribution < 1.29 is 28.5 Å². The molecule has 29 heavy (non-hydrogen) atoms. The molecule has 3 aromatic rings. The smallest absolute Gasteiger partial charge is 0.268 e. The lowest BCUT2D eigenvalue weighted by Gasteiger charge is -2.07. The van der Waals surface area contributed by atoms with Gasteiger partial charge in [-0.05, 0) is 30.3 Å². The molecule has 9 heteroatoms. The lowest BCUT2D eigenvalue weighted by Crippen LogP contribution is -2.33. The van der Waals surface area contributed by atoms with Gasteiger partial charge in [-0.2, -0.15) is 0 Å². The Bertz CT molecular complexity index is 1050. The van der Waals surface area contributed by atoms with Gasteiger partial charge < -0.3 is 34.6 Å². The van der Waals surface area contributed by atoms with Crippen LogP contribution in [0.1, 0.15) is 10.5 Å². The second-order valence-corrected chi connectivity index (χ2v) is 6.24. The monoisotopic (exact) mass is 397 g/mol. The molecule has 2 heterocycles. The summed E-state index contributed by atoms with van der Waals surface area (Å²) < 4.78 is 21.1. The third-order valence-corrected chi connectivity index (χ3v) is 4.47. The maximum atomic E-state index is 12.5. The summed E-state index contributed by atoms with van der Waals surface area (Å²) in [6.07, 6.45) is 0. The summed E-state index contributed by atoms with van der Waals surface area (Å²) in [5.74, 6) is 1.58. The average molecular weight is 397 g/mol. The van der Waals surface area contributed by atoms with Gasteiger partial charge in [0.05, 0.1) is 26.3 Å². The van der Waals surface area contributed by atoms with Crippen molar-refractivity contribution >= 4 is 28.4 Å². The molecule has 3 N–H and O–H groups in total. The number of methoxy groups -OCH3 is 2. The summed E-state index contributed by atoms with van der Waals surface area (Å²) in [6.45, 7) is -0.0419. The van der Waals surface area contributed by atoms with E-state index in [1.807, 2.05) is 0 Å². The minimum Gasteiger partial charge on any atom is -0.496 e. The molecule has 0 saturated carbocycles. The Labute approximate surface area is 165 Å². The Hall–Kier alpha value is -3.88. The molecule has 1 aromatic heterocycles. The van der Waals surface area contributed by atoms with Crippen molar-refractivity contribution in [3.63, 3.8) is 0 Å². The summed E-state index contributed by atoms with van der Waals surface area (Å²) >= 11 is 0. The standard InChI is InChI=1S/C20H19N3O6/c1-26-14-5-6-16(27-2)19-12(14)8-13(23-19)20(25)21-9-18(24)22-11-3-4-15-17(7-11)29-10-28-15/h3-8,23H,9-10H2,1-2H3,(H,21,25)(H,22,24). The van der Waals surface area contributed by atoms with Crippen LogP contribution in [0.2, 0.25) is 0 Å². The Balaban J connectivity index is 1.42. The van der Waals surface area contributed by atoms with Gasteiger partial charge >= 0.3 is 0 Å². The number of hydrogen-bond acceptors (Lipinski definition) is 6. The van der Waals surface area contributed by atoms with E-state index >= 15 is 0 Å². The summed E-state index contributed by atoms with van der Waals surface area (Å²) in [6, 6.07) is 10.2. The predicted octanol–water partition coefficient (Wildman–Crippen LogP) is 2.28. The van der Waals surface area contributed by atoms with Crippen LogP contribution in [0.5, 0.6) is 23.0 Å². The van der Waals surface area contributed by atoms with Crippen molar-refractivity contribution in [3.8, 4) is 23.0 Å². The first-order valence-corrected chi connectivity index (χ1v) is 8.80. The number of ether oxygens (including phenoxy) is 4. The highest BCUT2D eigenvalue weighted by Gasteiger charge is 2.17. The zero-order valence-corrected chi connectivity index (χ0v) is 15.8. The number of aromatic amines is 1. The van der Waals surface area contributed by atoms with E-state index in [-0.39, 0.29) is 19.2 Å². The second-order valence-electron chi connectivity index (χ2n) is 6.24. The summed E-state index contributed by atoms with van der Waals surface area (Å²) in [4.78, 5) is 27.7. The molecule has 0 spiro atoms. The number of carbonyl (C=O) groups excluding carboxylic acids is 2. The van der Waals surface area contributed by atoms with Crippen LogP contribution in [0, 0.1) is 0 Å². The van der Waals surface area contributed by atoms with E-state index in [1.165, 1.54) is 0 Å². The van der Waals surface area contributed by atoms with E-state index in [4.69, 9.17) is 18.9 Å². The van der Waals surface area contributed by atoms with E-state index in [1.54, 1.807) is 50.6 Å². The summed E-state index contributed by atoms with van der Waals surface area (Å²) in [7, 11) is 3.09. The molecule has 4 rings (SSSR count). The highest BCUT2D eigenvalue weighted by atomic mass is 16.7. The van der Waals surface area contributed by atoms with Crippen LogP contribution in [0.3, 0.4) is 0 Å². The number of anilines is 1. The van der Waals surface area contributed by atoms with Gasteiger partial charge in [-0.15, -0.1) is 0 Å². The summed E-state index contributed by atoms with van der Waals surface area (Å²) in [5, 5.41) is 6.00. The SMILES string of the molecule is COc1ccc(OC)c2[nH]c(C(=O)NCC(=O)Nc3ccc4c(c3)OCO4)cc12. The van der Waals surface area contributed by atoms with Gasteiger partial charge in [0.2, 0.25) is 12.7 Å². The van der Waals surface area contributed by atoms with E-state index in [0.717, 1.165) is 0 Å². The van der Waals surface area contributed by atoms with Crippen LogP contribution >= 0.6 is 0 Å². The molecule has 1 aliphatic heterocycles. The molecule has 1 aliphatic rings. The van der Waals surface area contributed by atoms with Gasteiger partial charge in [0.25, 0.3) is 5.91 Å². The van der Waals surface area contributed by atoms with Crippen LogP contribution in [-0.4, -0.2) is 44.4 Å². The van der Waals surface area contributed by atoms with E-state index < -0.39 is 5.91 Å². The zero-order chi connectivity index (χ0) is 20.4. The van der Waals surface area contributed by atoms with Crippen LogP contribution in [0.25, 0.3) is 10.9 Å². The molecular formula is C20H19N3O6. The number of aromatic nitrogens is 1. The van der Waals surface area contributed by atoms with Gasteiger partial charge in [-0.3, -0.25) is 9.59 Å². The van der Waals surface area contributed by atoms with Crippen molar-refractivity contribution in [1.82, 2.24) is 10.3 Å². The Morgan fingerprint density at radius 2 is 1.79 bits per heavy atom. The molecule has 0 bridgehead atoms. The van der Waals surface area contributed by atoms with Crippen LogP contribution in [0.15, 0.2) is 36.4 Å². The lowest BCUT2D eigenvalue weighted by molar-refractivity contribution is -0.115. The molecule has 0 radical (unpaired) electrons. The van der Waals surface area contributed by atoms with Crippen molar-refractivity contribution in [2.45, 2.75) is 0 Å². The number of H-pyrrole nitrogens is 1. The molecule has 0 unspecified atom stereocenters. The van der Waals surface area contributed by atoms with Crippen LogP contribution < -0.4 is 29.6 Å². The second kappa shape index (κ2) is 7.63. The third kappa shape index (κ3) is 3.62. The maximum absolute atomic E-state index is 12.5. The number of amides is 2. The minimum atomic E-state index is -0.425. The highest BCUT2D eigenvalue weighted by molar-refractivity contribution is 6.03. The first-order chi connectivity index (χ1) is 14.1. The Morgan fingerprint density at radius 1 is 1.03 bits per heavy atom. The van der Waals surface area contributed by atoms with E-state index in [2.05, 4.69) is 15.6 Å². The number of carbonyl (C=O) groups is 2. The fourth-order valence-electron chi connectivity index (χ4n) is 3.07.